The maximum Gasteiger partial charge on any atom is 0.115 e. The molecule has 0 bridgehead atoms. The van der Waals surface area contributed by atoms with Gasteiger partial charge in [0, 0.05) is 0 Å². The fourth-order valence-corrected chi connectivity index (χ4v) is 1.51. The predicted octanol–water partition coefficient (Wildman–Crippen LogP) is 4.28. The van der Waals surface area contributed by atoms with Crippen LogP contribution in [-0.4, -0.2) is 5.11 Å². The van der Waals surface area contributed by atoms with Gasteiger partial charge < -0.3 is 5.11 Å². The Hall–Kier alpha value is -1.76. The summed E-state index contributed by atoms with van der Waals surface area (Å²) in [5.41, 5.74) is 1.44. The van der Waals surface area contributed by atoms with Gasteiger partial charge in [-0.25, -0.2) is 0 Å². The third kappa shape index (κ3) is 6.41. The predicted molar refractivity (Wildman–Crippen MR) is 73.1 cm³/mol. The van der Waals surface area contributed by atoms with E-state index in [9.17, 15) is 0 Å². The topological polar surface area (TPSA) is 20.2 Å². The summed E-state index contributed by atoms with van der Waals surface area (Å²) in [6.45, 7) is 4.49. The van der Waals surface area contributed by atoms with Gasteiger partial charge in [0.1, 0.15) is 5.75 Å². The second kappa shape index (κ2) is 7.50. The molecule has 2 rings (SSSR count). The number of aromatic hydroxyl groups is 1. The van der Waals surface area contributed by atoms with Gasteiger partial charge in [0.2, 0.25) is 0 Å². The SMILES string of the molecule is CC(C)Cc1ccccc1.Oc1ccccc1. The Kier molecular flexibility index (Phi) is 5.87. The van der Waals surface area contributed by atoms with Crippen molar-refractivity contribution in [1.82, 2.24) is 0 Å². The highest BCUT2D eigenvalue weighted by Crippen LogP contribution is 2.06. The van der Waals surface area contributed by atoms with Gasteiger partial charge in [0.15, 0.2) is 0 Å². The van der Waals surface area contributed by atoms with Crippen molar-refractivity contribution in [3.63, 3.8) is 0 Å². The van der Waals surface area contributed by atoms with Crippen LogP contribution in [-0.2, 0) is 6.42 Å². The van der Waals surface area contributed by atoms with Gasteiger partial charge in [-0.15, -0.1) is 0 Å². The van der Waals surface area contributed by atoms with Gasteiger partial charge in [0.25, 0.3) is 0 Å². The molecule has 0 atom stereocenters. The van der Waals surface area contributed by atoms with E-state index in [1.54, 1.807) is 24.3 Å². The molecule has 0 fully saturated rings. The zero-order valence-electron chi connectivity index (χ0n) is 10.5. The minimum atomic E-state index is 0.322. The molecule has 0 aromatic heterocycles. The number of phenols is 1. The van der Waals surface area contributed by atoms with E-state index >= 15 is 0 Å². The molecule has 2 aromatic rings. The summed E-state index contributed by atoms with van der Waals surface area (Å²) in [6, 6.07) is 19.3. The summed E-state index contributed by atoms with van der Waals surface area (Å²) in [7, 11) is 0. The number of hydrogen-bond donors (Lipinski definition) is 1. The highest BCUT2D eigenvalue weighted by molar-refractivity contribution is 5.18. The van der Waals surface area contributed by atoms with Crippen LogP contribution in [0.5, 0.6) is 5.75 Å². The second-order valence-corrected chi connectivity index (χ2v) is 4.42. The molecule has 0 saturated heterocycles. The zero-order chi connectivity index (χ0) is 12.5. The zero-order valence-corrected chi connectivity index (χ0v) is 10.5. The minimum Gasteiger partial charge on any atom is -0.508 e. The molecule has 0 heterocycles. The fraction of sp³-hybridized carbons (Fsp3) is 0.250. The minimum absolute atomic E-state index is 0.322. The molecule has 0 aliphatic carbocycles. The number of hydrogen-bond acceptors (Lipinski definition) is 1. The molecule has 17 heavy (non-hydrogen) atoms. The lowest BCUT2D eigenvalue weighted by molar-refractivity contribution is 0.475. The maximum absolute atomic E-state index is 8.63. The number of phenolic OH excluding ortho intramolecular Hbond substituents is 1. The normalized spacial score (nSPS) is 9.59. The van der Waals surface area contributed by atoms with Gasteiger partial charge in [-0.1, -0.05) is 62.4 Å². The van der Waals surface area contributed by atoms with E-state index < -0.39 is 0 Å². The quantitative estimate of drug-likeness (QED) is 0.813. The van der Waals surface area contributed by atoms with E-state index in [1.165, 1.54) is 12.0 Å². The fourth-order valence-electron chi connectivity index (χ4n) is 1.51. The molecule has 1 heteroatoms. The van der Waals surface area contributed by atoms with Crippen molar-refractivity contribution in [2.75, 3.05) is 0 Å². The summed E-state index contributed by atoms with van der Waals surface area (Å²) in [5.74, 6) is 1.09. The third-order valence-corrected chi connectivity index (χ3v) is 2.24. The Morgan fingerprint density at radius 1 is 0.824 bits per heavy atom. The summed E-state index contributed by atoms with van der Waals surface area (Å²) < 4.78 is 0. The molecule has 2 aromatic carbocycles. The first-order chi connectivity index (χ1) is 8.18. The van der Waals surface area contributed by atoms with Gasteiger partial charge >= 0.3 is 0 Å². The molecule has 1 N–H and O–H groups in total. The molecule has 1 nitrogen and oxygen atoms in total. The molecule has 0 aliphatic heterocycles. The molecule has 90 valence electrons. The van der Waals surface area contributed by atoms with Crippen molar-refractivity contribution in [3.05, 3.63) is 66.2 Å². The van der Waals surface area contributed by atoms with Crippen LogP contribution in [0.4, 0.5) is 0 Å². The lowest BCUT2D eigenvalue weighted by atomic mass is 10.0. The molecular formula is C16H20O. The van der Waals surface area contributed by atoms with Crippen LogP contribution < -0.4 is 0 Å². The van der Waals surface area contributed by atoms with Crippen molar-refractivity contribution in [2.45, 2.75) is 20.3 Å². The van der Waals surface area contributed by atoms with Gasteiger partial charge in [-0.05, 0) is 30.0 Å². The largest absolute Gasteiger partial charge is 0.508 e. The first-order valence-electron chi connectivity index (χ1n) is 5.96. The van der Waals surface area contributed by atoms with Crippen LogP contribution in [0.15, 0.2) is 60.7 Å². The summed E-state index contributed by atoms with van der Waals surface area (Å²) in [4.78, 5) is 0. The average molecular weight is 228 g/mol. The lowest BCUT2D eigenvalue weighted by Gasteiger charge is -2.02. The van der Waals surface area contributed by atoms with E-state index in [0.29, 0.717) is 5.75 Å². The highest BCUT2D eigenvalue weighted by Gasteiger charge is 1.94. The Bertz CT molecular complexity index is 392. The lowest BCUT2D eigenvalue weighted by Crippen LogP contribution is -1.92. The van der Waals surface area contributed by atoms with Gasteiger partial charge in [0.05, 0.1) is 0 Å². The van der Waals surface area contributed by atoms with Crippen molar-refractivity contribution in [3.8, 4) is 5.75 Å². The van der Waals surface area contributed by atoms with Crippen LogP contribution in [0.1, 0.15) is 19.4 Å². The van der Waals surface area contributed by atoms with Gasteiger partial charge in [-0.3, -0.25) is 0 Å². The Balaban J connectivity index is 0.000000181. The van der Waals surface area contributed by atoms with E-state index in [1.807, 2.05) is 6.07 Å². The summed E-state index contributed by atoms with van der Waals surface area (Å²) in [5, 5.41) is 8.63. The van der Waals surface area contributed by atoms with Crippen molar-refractivity contribution in [1.29, 1.82) is 0 Å². The van der Waals surface area contributed by atoms with E-state index in [0.717, 1.165) is 5.92 Å². The van der Waals surface area contributed by atoms with Crippen LogP contribution in [0, 0.1) is 5.92 Å². The monoisotopic (exact) mass is 228 g/mol. The van der Waals surface area contributed by atoms with Crippen molar-refractivity contribution in [2.24, 2.45) is 5.92 Å². The maximum atomic E-state index is 8.63. The van der Waals surface area contributed by atoms with E-state index in [2.05, 4.69) is 44.2 Å². The Morgan fingerprint density at radius 3 is 1.65 bits per heavy atom. The van der Waals surface area contributed by atoms with Crippen LogP contribution >= 0.6 is 0 Å². The van der Waals surface area contributed by atoms with Crippen molar-refractivity contribution >= 4 is 0 Å². The third-order valence-electron chi connectivity index (χ3n) is 2.24. The molecule has 0 aliphatic rings. The van der Waals surface area contributed by atoms with Crippen molar-refractivity contribution < 1.29 is 5.11 Å². The van der Waals surface area contributed by atoms with Gasteiger partial charge in [-0.2, -0.15) is 0 Å². The smallest absolute Gasteiger partial charge is 0.115 e. The molecule has 0 spiro atoms. The second-order valence-electron chi connectivity index (χ2n) is 4.42. The molecular weight excluding hydrogens is 208 g/mol. The van der Waals surface area contributed by atoms with E-state index in [4.69, 9.17) is 5.11 Å². The summed E-state index contributed by atoms with van der Waals surface area (Å²) >= 11 is 0. The molecule has 0 saturated carbocycles. The van der Waals surface area contributed by atoms with Crippen LogP contribution in [0.25, 0.3) is 0 Å². The summed E-state index contributed by atoms with van der Waals surface area (Å²) in [6.07, 6.45) is 1.20. The standard InChI is InChI=1S/C10H14.C6H6O/c1-9(2)8-10-6-4-3-5-7-10;7-6-4-2-1-3-5-6/h3-7,9H,8H2,1-2H3;1-5,7H. The Labute approximate surface area is 104 Å². The highest BCUT2D eigenvalue weighted by atomic mass is 16.3. The average Bonchev–Trinajstić information content (AvgIpc) is 2.31. The number of para-hydroxylation sites is 1. The van der Waals surface area contributed by atoms with Crippen LogP contribution in [0.2, 0.25) is 0 Å². The molecule has 0 radical (unpaired) electrons. The first kappa shape index (κ1) is 13.3. The number of benzene rings is 2. The molecule has 0 amide bonds. The molecule has 0 unspecified atom stereocenters. The van der Waals surface area contributed by atoms with Crippen LogP contribution in [0.3, 0.4) is 0 Å². The van der Waals surface area contributed by atoms with E-state index in [-0.39, 0.29) is 0 Å². The number of rotatable bonds is 2. The Morgan fingerprint density at radius 2 is 1.29 bits per heavy atom. The first-order valence-corrected chi connectivity index (χ1v) is 5.96.